The lowest BCUT2D eigenvalue weighted by molar-refractivity contribution is 0.335. The number of hydrogen-bond acceptors (Lipinski definition) is 2. The Morgan fingerprint density at radius 1 is 1.46 bits per heavy atom. The van der Waals surface area contributed by atoms with Crippen LogP contribution in [-0.2, 0) is 11.5 Å². The van der Waals surface area contributed by atoms with E-state index in [1.54, 1.807) is 25.3 Å². The summed E-state index contributed by atoms with van der Waals surface area (Å²) in [6, 6.07) is 5.24. The van der Waals surface area contributed by atoms with Gasteiger partial charge in [-0.05, 0) is 17.7 Å². The lowest BCUT2D eigenvalue weighted by atomic mass is 10.1. The number of methoxy groups -OCH3 is 1. The molecule has 1 radical (unpaired) electrons. The van der Waals surface area contributed by atoms with Crippen molar-refractivity contribution in [2.24, 2.45) is 0 Å². The molecule has 3 heteroatoms. The number of aliphatic hydroxyl groups excluding tert-OH is 1. The lowest BCUT2D eigenvalue weighted by Crippen LogP contribution is -1.87. The minimum atomic E-state index is -0.283. The Labute approximate surface area is 75.9 Å². The molecule has 0 aromatic heterocycles. The molecule has 1 aromatic rings. The maximum Gasteiger partial charge on any atom is 0.223 e. The highest BCUT2D eigenvalue weighted by atomic mass is 16.5. The van der Waals surface area contributed by atoms with Gasteiger partial charge in [-0.3, -0.25) is 5.11 Å². The SMILES string of the molecule is COc1ccc2c(c1)C([O])=C(O)C2. The zero-order valence-electron chi connectivity index (χ0n) is 7.20. The van der Waals surface area contributed by atoms with Gasteiger partial charge in [-0.15, -0.1) is 0 Å². The third-order valence-corrected chi connectivity index (χ3v) is 2.18. The first-order valence-electron chi connectivity index (χ1n) is 3.99. The summed E-state index contributed by atoms with van der Waals surface area (Å²) in [5, 5.41) is 20.5. The van der Waals surface area contributed by atoms with E-state index in [1.165, 1.54) is 0 Å². The number of ether oxygens (including phenoxy) is 1. The van der Waals surface area contributed by atoms with Crippen molar-refractivity contribution >= 4 is 5.76 Å². The van der Waals surface area contributed by atoms with Crippen molar-refractivity contribution in [2.75, 3.05) is 7.11 Å². The van der Waals surface area contributed by atoms with E-state index in [0.717, 1.165) is 5.56 Å². The Balaban J connectivity index is 2.52. The Bertz CT molecular complexity index is 380. The van der Waals surface area contributed by atoms with Gasteiger partial charge in [-0.1, -0.05) is 6.07 Å². The van der Waals surface area contributed by atoms with Crippen LogP contribution in [-0.4, -0.2) is 12.2 Å². The van der Waals surface area contributed by atoms with Gasteiger partial charge >= 0.3 is 0 Å². The van der Waals surface area contributed by atoms with Gasteiger partial charge in [0.15, 0.2) is 0 Å². The van der Waals surface area contributed by atoms with Crippen LogP contribution in [0.5, 0.6) is 5.75 Å². The zero-order valence-corrected chi connectivity index (χ0v) is 7.20. The van der Waals surface area contributed by atoms with Crippen molar-refractivity contribution in [3.8, 4) is 5.75 Å². The second-order valence-corrected chi connectivity index (χ2v) is 2.98. The predicted octanol–water partition coefficient (Wildman–Crippen LogP) is 1.91. The van der Waals surface area contributed by atoms with E-state index in [0.29, 0.717) is 17.7 Å². The van der Waals surface area contributed by atoms with Gasteiger partial charge in [0.25, 0.3) is 0 Å². The second-order valence-electron chi connectivity index (χ2n) is 2.98. The summed E-state index contributed by atoms with van der Waals surface area (Å²) in [4.78, 5) is 0. The number of benzene rings is 1. The molecule has 0 amide bonds. The molecule has 0 saturated heterocycles. The average Bonchev–Trinajstić information content (AvgIpc) is 2.43. The Morgan fingerprint density at radius 2 is 2.23 bits per heavy atom. The molecule has 1 N–H and O–H groups in total. The highest BCUT2D eigenvalue weighted by Crippen LogP contribution is 2.32. The van der Waals surface area contributed by atoms with Crippen molar-refractivity contribution in [3.63, 3.8) is 0 Å². The van der Waals surface area contributed by atoms with E-state index in [-0.39, 0.29) is 11.5 Å². The third kappa shape index (κ3) is 1.13. The molecule has 1 aliphatic carbocycles. The van der Waals surface area contributed by atoms with Crippen LogP contribution in [0.15, 0.2) is 24.0 Å². The molecule has 3 nitrogen and oxygen atoms in total. The van der Waals surface area contributed by atoms with Gasteiger partial charge in [0, 0.05) is 12.0 Å². The maximum atomic E-state index is 11.3. The van der Waals surface area contributed by atoms with Crippen LogP contribution in [0.4, 0.5) is 0 Å². The second kappa shape index (κ2) is 2.69. The van der Waals surface area contributed by atoms with Crippen molar-refractivity contribution in [1.82, 2.24) is 0 Å². The molecule has 0 aliphatic heterocycles. The monoisotopic (exact) mass is 177 g/mol. The summed E-state index contributed by atoms with van der Waals surface area (Å²) in [7, 11) is 1.55. The van der Waals surface area contributed by atoms with Gasteiger partial charge in [0.2, 0.25) is 5.76 Å². The van der Waals surface area contributed by atoms with E-state index in [4.69, 9.17) is 4.74 Å². The summed E-state index contributed by atoms with van der Waals surface area (Å²) in [6.07, 6.45) is 0.345. The fourth-order valence-corrected chi connectivity index (χ4v) is 1.46. The lowest BCUT2D eigenvalue weighted by Gasteiger charge is -2.02. The van der Waals surface area contributed by atoms with Crippen LogP contribution in [0, 0.1) is 0 Å². The summed E-state index contributed by atoms with van der Waals surface area (Å²) in [5.41, 5.74) is 1.42. The highest BCUT2D eigenvalue weighted by molar-refractivity contribution is 5.70. The molecule has 13 heavy (non-hydrogen) atoms. The fraction of sp³-hybridized carbons (Fsp3) is 0.200. The van der Waals surface area contributed by atoms with Gasteiger partial charge in [0.1, 0.15) is 11.5 Å². The van der Waals surface area contributed by atoms with Gasteiger partial charge in [0.05, 0.1) is 7.11 Å². The van der Waals surface area contributed by atoms with Crippen molar-refractivity contribution in [1.29, 1.82) is 0 Å². The smallest absolute Gasteiger partial charge is 0.223 e. The first-order chi connectivity index (χ1) is 6.22. The summed E-state index contributed by atoms with van der Waals surface area (Å²) >= 11 is 0. The van der Waals surface area contributed by atoms with Crippen LogP contribution in [0.1, 0.15) is 11.1 Å². The highest BCUT2D eigenvalue weighted by Gasteiger charge is 2.22. The largest absolute Gasteiger partial charge is 0.508 e. The minimum Gasteiger partial charge on any atom is -0.508 e. The van der Waals surface area contributed by atoms with Gasteiger partial charge < -0.3 is 9.84 Å². The molecule has 2 rings (SSSR count). The average molecular weight is 177 g/mol. The van der Waals surface area contributed by atoms with Gasteiger partial charge in [-0.25, -0.2) is 0 Å². The number of aliphatic hydroxyl groups is 1. The molecule has 0 spiro atoms. The third-order valence-electron chi connectivity index (χ3n) is 2.18. The van der Waals surface area contributed by atoms with Crippen LogP contribution in [0.3, 0.4) is 0 Å². The molecule has 1 aliphatic rings. The van der Waals surface area contributed by atoms with Crippen LogP contribution in [0.25, 0.3) is 5.76 Å². The molecule has 0 saturated carbocycles. The molecule has 0 heterocycles. The molecule has 0 atom stereocenters. The first kappa shape index (κ1) is 7.98. The van der Waals surface area contributed by atoms with Crippen molar-refractivity contribution < 1.29 is 14.9 Å². The van der Waals surface area contributed by atoms with Gasteiger partial charge in [-0.2, -0.15) is 0 Å². The van der Waals surface area contributed by atoms with Crippen LogP contribution < -0.4 is 4.74 Å². The quantitative estimate of drug-likeness (QED) is 0.712. The Kier molecular flexibility index (Phi) is 1.65. The molecule has 1 aromatic carbocycles. The molecule has 0 bridgehead atoms. The van der Waals surface area contributed by atoms with E-state index in [9.17, 15) is 10.2 Å². The van der Waals surface area contributed by atoms with Crippen LogP contribution >= 0.6 is 0 Å². The molecule has 67 valence electrons. The molecule has 0 unspecified atom stereocenters. The Morgan fingerprint density at radius 3 is 2.92 bits per heavy atom. The van der Waals surface area contributed by atoms with E-state index in [2.05, 4.69) is 0 Å². The zero-order chi connectivity index (χ0) is 9.42. The normalized spacial score (nSPS) is 14.5. The summed E-state index contributed by atoms with van der Waals surface area (Å²) < 4.78 is 4.98. The summed E-state index contributed by atoms with van der Waals surface area (Å²) in [5.74, 6) is 0.277. The van der Waals surface area contributed by atoms with E-state index >= 15 is 0 Å². The molecule has 0 fully saturated rings. The molecular weight excluding hydrogens is 168 g/mol. The number of fused-ring (bicyclic) bond motifs is 1. The van der Waals surface area contributed by atoms with E-state index < -0.39 is 0 Å². The standard InChI is InChI=1S/C10H9O3/c1-13-7-3-2-6-4-9(11)10(12)8(6)5-7/h2-3,5,11H,4H2,1H3. The number of hydrogen-bond donors (Lipinski definition) is 1. The maximum absolute atomic E-state index is 11.3. The summed E-state index contributed by atoms with van der Waals surface area (Å²) in [6.45, 7) is 0. The topological polar surface area (TPSA) is 49.4 Å². The van der Waals surface area contributed by atoms with Crippen molar-refractivity contribution in [3.05, 3.63) is 35.1 Å². The van der Waals surface area contributed by atoms with Crippen molar-refractivity contribution in [2.45, 2.75) is 6.42 Å². The first-order valence-corrected chi connectivity index (χ1v) is 3.99. The predicted molar refractivity (Wildman–Crippen MR) is 46.9 cm³/mol. The number of rotatable bonds is 1. The number of allylic oxidation sites excluding steroid dienone is 1. The Hall–Kier alpha value is -1.64. The van der Waals surface area contributed by atoms with Crippen LogP contribution in [0.2, 0.25) is 0 Å². The minimum absolute atomic E-state index is 0.0803. The molecular formula is C10H9O3. The van der Waals surface area contributed by atoms with E-state index in [1.807, 2.05) is 0 Å². The fourth-order valence-electron chi connectivity index (χ4n) is 1.46.